The fourth-order valence-corrected chi connectivity index (χ4v) is 4.47. The molecule has 2 fully saturated rings. The van der Waals surface area contributed by atoms with E-state index in [1.807, 2.05) is 0 Å². The van der Waals surface area contributed by atoms with Gasteiger partial charge in [-0.05, 0) is 0 Å². The summed E-state index contributed by atoms with van der Waals surface area (Å²) < 4.78 is 27.2. The number of hydrogen-bond acceptors (Lipinski definition) is 4. The molecule has 0 bridgehead atoms. The molecule has 5 nitrogen and oxygen atoms in total. The van der Waals surface area contributed by atoms with Crippen molar-refractivity contribution in [1.29, 1.82) is 0 Å². The van der Waals surface area contributed by atoms with Crippen LogP contribution in [0.1, 0.15) is 0 Å². The van der Waals surface area contributed by atoms with Crippen molar-refractivity contribution in [3.05, 3.63) is 0 Å². The molecule has 2 saturated heterocycles. The van der Waals surface area contributed by atoms with Gasteiger partial charge in [-0.3, -0.25) is 4.90 Å². The van der Waals surface area contributed by atoms with E-state index in [-0.39, 0.29) is 9.30 Å². The summed E-state index contributed by atoms with van der Waals surface area (Å²) in [5.74, 6) is 0.577. The van der Waals surface area contributed by atoms with Gasteiger partial charge in [0, 0.05) is 19.0 Å². The van der Waals surface area contributed by atoms with E-state index >= 15 is 0 Å². The Labute approximate surface area is 97.2 Å². The highest BCUT2D eigenvalue weighted by Crippen LogP contribution is 2.30. The van der Waals surface area contributed by atoms with E-state index in [4.69, 9.17) is 9.88 Å². The van der Waals surface area contributed by atoms with E-state index in [1.165, 1.54) is 0 Å². The first-order valence-corrected chi connectivity index (χ1v) is 7.31. The summed E-state index contributed by atoms with van der Waals surface area (Å²) in [7, 11) is -3.35. The van der Waals surface area contributed by atoms with Gasteiger partial charge >= 0.3 is 0 Å². The minimum absolute atomic E-state index is 0.0307. The maximum atomic E-state index is 11.1. The molecule has 0 spiro atoms. The standard InChI is InChI=1S/C7H13IN2O3S/c8-7-6(14(9,11)12)2-10(7)1-5-3-13-4-5/h5-7H,1-4H2,(H2,9,11,12). The maximum absolute atomic E-state index is 11.1. The van der Waals surface area contributed by atoms with Crippen LogP contribution in [0.5, 0.6) is 0 Å². The van der Waals surface area contributed by atoms with Crippen molar-refractivity contribution in [3.8, 4) is 0 Å². The summed E-state index contributed by atoms with van der Waals surface area (Å²) in [5, 5.41) is 4.70. The predicted octanol–water partition coefficient (Wildman–Crippen LogP) is -0.633. The van der Waals surface area contributed by atoms with Crippen LogP contribution >= 0.6 is 22.6 Å². The number of rotatable bonds is 3. The zero-order valence-corrected chi connectivity index (χ0v) is 10.6. The Bertz CT molecular complexity index is 317. The second kappa shape index (κ2) is 3.85. The minimum Gasteiger partial charge on any atom is -0.381 e. The Kier molecular flexibility index (Phi) is 3.04. The highest BCUT2D eigenvalue weighted by molar-refractivity contribution is 14.1. The SMILES string of the molecule is NS(=O)(=O)C1CN(CC2COC2)C1I. The van der Waals surface area contributed by atoms with Crippen LogP contribution in [0.2, 0.25) is 0 Å². The highest BCUT2D eigenvalue weighted by Gasteiger charge is 2.45. The lowest BCUT2D eigenvalue weighted by atomic mass is 10.1. The van der Waals surface area contributed by atoms with Crippen LogP contribution in [-0.4, -0.2) is 48.9 Å². The van der Waals surface area contributed by atoms with Crippen LogP contribution in [0, 0.1) is 5.92 Å². The summed E-state index contributed by atoms with van der Waals surface area (Å²) in [6, 6.07) is 0. The Morgan fingerprint density at radius 3 is 2.50 bits per heavy atom. The van der Waals surface area contributed by atoms with E-state index in [0.717, 1.165) is 19.8 Å². The van der Waals surface area contributed by atoms with Crippen LogP contribution in [-0.2, 0) is 14.8 Å². The molecular formula is C7H13IN2O3S. The van der Waals surface area contributed by atoms with Gasteiger partial charge in [0.1, 0.15) is 5.25 Å². The van der Waals surface area contributed by atoms with Crippen LogP contribution in [0.3, 0.4) is 0 Å². The molecule has 0 amide bonds. The van der Waals surface area contributed by atoms with Gasteiger partial charge in [0.2, 0.25) is 10.0 Å². The van der Waals surface area contributed by atoms with Crippen molar-refractivity contribution in [2.75, 3.05) is 26.3 Å². The van der Waals surface area contributed by atoms with Crippen molar-refractivity contribution in [1.82, 2.24) is 4.90 Å². The quantitative estimate of drug-likeness (QED) is 0.424. The van der Waals surface area contributed by atoms with E-state index in [1.54, 1.807) is 0 Å². The first kappa shape index (κ1) is 11.1. The summed E-state index contributed by atoms with van der Waals surface area (Å²) in [5.41, 5.74) is 0. The van der Waals surface area contributed by atoms with Crippen molar-refractivity contribution in [2.24, 2.45) is 11.1 Å². The highest BCUT2D eigenvalue weighted by atomic mass is 127. The number of likely N-dealkylation sites (tertiary alicyclic amines) is 1. The molecule has 0 aliphatic carbocycles. The molecule has 2 rings (SSSR count). The summed E-state index contributed by atoms with van der Waals surface area (Å²) in [6.07, 6.45) is 0. The molecule has 0 saturated carbocycles. The number of primary sulfonamides is 1. The third-order valence-electron chi connectivity index (χ3n) is 2.69. The van der Waals surface area contributed by atoms with Crippen molar-refractivity contribution >= 4 is 32.6 Å². The first-order valence-electron chi connectivity index (χ1n) is 4.46. The third kappa shape index (κ3) is 2.06. The molecule has 7 heteroatoms. The summed E-state index contributed by atoms with van der Waals surface area (Å²) in [4.78, 5) is 2.14. The Hall–Kier alpha value is 0.560. The predicted molar refractivity (Wildman–Crippen MR) is 60.6 cm³/mol. The van der Waals surface area contributed by atoms with Gasteiger partial charge in [0.05, 0.1) is 17.3 Å². The van der Waals surface area contributed by atoms with E-state index in [2.05, 4.69) is 27.5 Å². The molecule has 0 aromatic rings. The molecule has 0 aromatic carbocycles. The second-order valence-corrected chi connectivity index (χ2v) is 6.92. The van der Waals surface area contributed by atoms with Crippen LogP contribution in [0.15, 0.2) is 0 Å². The van der Waals surface area contributed by atoms with E-state index in [0.29, 0.717) is 12.5 Å². The molecule has 2 aliphatic heterocycles. The lowest BCUT2D eigenvalue weighted by molar-refractivity contribution is -0.0544. The van der Waals surface area contributed by atoms with Gasteiger partial charge in [0.25, 0.3) is 0 Å². The van der Waals surface area contributed by atoms with Crippen LogP contribution < -0.4 is 5.14 Å². The maximum Gasteiger partial charge on any atom is 0.215 e. The smallest absolute Gasteiger partial charge is 0.215 e. The molecule has 2 aliphatic rings. The molecule has 2 N–H and O–H groups in total. The number of nitrogens with zero attached hydrogens (tertiary/aromatic N) is 1. The second-order valence-electron chi connectivity index (χ2n) is 3.86. The Balaban J connectivity index is 1.84. The van der Waals surface area contributed by atoms with E-state index in [9.17, 15) is 8.42 Å². The topological polar surface area (TPSA) is 72.6 Å². The van der Waals surface area contributed by atoms with Gasteiger partial charge in [-0.1, -0.05) is 22.6 Å². The number of nitrogens with two attached hydrogens (primary N) is 1. The number of halogens is 1. The number of alkyl halides is 1. The van der Waals surface area contributed by atoms with Gasteiger partial charge in [0.15, 0.2) is 0 Å². The van der Waals surface area contributed by atoms with Gasteiger partial charge in [-0.2, -0.15) is 0 Å². The van der Waals surface area contributed by atoms with Gasteiger partial charge in [-0.15, -0.1) is 0 Å². The average Bonchev–Trinajstić information content (AvgIpc) is 1.96. The molecule has 2 atom stereocenters. The zero-order chi connectivity index (χ0) is 10.3. The van der Waals surface area contributed by atoms with Crippen LogP contribution in [0.4, 0.5) is 0 Å². The van der Waals surface area contributed by atoms with Gasteiger partial charge < -0.3 is 4.74 Å². The Morgan fingerprint density at radius 2 is 2.14 bits per heavy atom. The van der Waals surface area contributed by atoms with Crippen molar-refractivity contribution < 1.29 is 13.2 Å². The van der Waals surface area contributed by atoms with Crippen LogP contribution in [0.25, 0.3) is 0 Å². The molecule has 0 aromatic heterocycles. The molecular weight excluding hydrogens is 319 g/mol. The van der Waals surface area contributed by atoms with Gasteiger partial charge in [-0.25, -0.2) is 13.6 Å². The normalized spacial score (nSPS) is 35.0. The largest absolute Gasteiger partial charge is 0.381 e. The summed E-state index contributed by atoms with van der Waals surface area (Å²) >= 11 is 2.14. The third-order valence-corrected chi connectivity index (χ3v) is 6.09. The fourth-order valence-electron chi connectivity index (χ4n) is 1.67. The monoisotopic (exact) mass is 332 g/mol. The number of hydrogen-bond donors (Lipinski definition) is 1. The van der Waals surface area contributed by atoms with Crippen molar-refractivity contribution in [2.45, 2.75) is 9.30 Å². The van der Waals surface area contributed by atoms with Crippen molar-refractivity contribution in [3.63, 3.8) is 0 Å². The zero-order valence-electron chi connectivity index (χ0n) is 7.60. The molecule has 82 valence electrons. The average molecular weight is 332 g/mol. The molecule has 2 heterocycles. The lowest BCUT2D eigenvalue weighted by Gasteiger charge is -2.46. The summed E-state index contributed by atoms with van der Waals surface area (Å²) in [6.45, 7) is 3.11. The Morgan fingerprint density at radius 1 is 1.50 bits per heavy atom. The first-order chi connectivity index (χ1) is 6.48. The fraction of sp³-hybridized carbons (Fsp3) is 1.00. The number of ether oxygens (including phenoxy) is 1. The van der Waals surface area contributed by atoms with E-state index < -0.39 is 10.0 Å². The minimum atomic E-state index is -3.35. The molecule has 14 heavy (non-hydrogen) atoms. The molecule has 2 unspecified atom stereocenters. The molecule has 0 radical (unpaired) electrons. The lowest BCUT2D eigenvalue weighted by Crippen LogP contribution is -2.63. The number of sulfonamides is 1.